The Hall–Kier alpha value is -1.75. The molecule has 0 atom stereocenters. The van der Waals surface area contributed by atoms with Crippen LogP contribution in [0, 0.1) is 0 Å². The number of esters is 1. The van der Waals surface area contributed by atoms with E-state index in [4.69, 9.17) is 16.3 Å². The van der Waals surface area contributed by atoms with E-state index in [2.05, 4.69) is 4.74 Å². The number of rotatable bonds is 7. The molecule has 0 aromatic heterocycles. The van der Waals surface area contributed by atoms with Gasteiger partial charge in [-0.2, -0.15) is 0 Å². The highest BCUT2D eigenvalue weighted by molar-refractivity contribution is 6.30. The largest absolute Gasteiger partial charge is 0.484 e. The van der Waals surface area contributed by atoms with E-state index >= 15 is 0 Å². The van der Waals surface area contributed by atoms with Crippen LogP contribution in [-0.4, -0.2) is 44.1 Å². The Morgan fingerprint density at radius 1 is 1.35 bits per heavy atom. The summed E-state index contributed by atoms with van der Waals surface area (Å²) in [5.74, 6) is 0.115. The second-order valence-electron chi connectivity index (χ2n) is 4.24. The van der Waals surface area contributed by atoms with Crippen molar-refractivity contribution in [3.8, 4) is 5.75 Å². The van der Waals surface area contributed by atoms with Crippen LogP contribution in [0.2, 0.25) is 5.02 Å². The molecule has 0 saturated carbocycles. The van der Waals surface area contributed by atoms with Crippen LogP contribution in [0.15, 0.2) is 24.3 Å². The molecule has 0 unspecified atom stereocenters. The standard InChI is InChI=1S/C14H18ClNO4/c1-16(8-4-7-14(18)19-2)13(17)10-20-12-6-3-5-11(15)9-12/h3,5-6,9H,4,7-8,10H2,1-2H3. The van der Waals surface area contributed by atoms with E-state index in [1.165, 1.54) is 12.0 Å². The van der Waals surface area contributed by atoms with Crippen LogP contribution in [0.5, 0.6) is 5.75 Å². The highest BCUT2D eigenvalue weighted by atomic mass is 35.5. The number of amides is 1. The van der Waals surface area contributed by atoms with Crippen molar-refractivity contribution in [2.75, 3.05) is 27.3 Å². The molecule has 1 amide bonds. The molecular weight excluding hydrogens is 282 g/mol. The molecule has 0 fully saturated rings. The van der Waals surface area contributed by atoms with Gasteiger partial charge in [-0.25, -0.2) is 0 Å². The fourth-order valence-electron chi connectivity index (χ4n) is 1.50. The molecule has 1 aromatic carbocycles. The molecule has 0 aliphatic carbocycles. The van der Waals surface area contributed by atoms with Crippen LogP contribution in [0.4, 0.5) is 0 Å². The SMILES string of the molecule is COC(=O)CCCN(C)C(=O)COc1cccc(Cl)c1. The van der Waals surface area contributed by atoms with Crippen LogP contribution in [0.25, 0.3) is 0 Å². The second kappa shape index (κ2) is 8.43. The highest BCUT2D eigenvalue weighted by Gasteiger charge is 2.10. The van der Waals surface area contributed by atoms with E-state index < -0.39 is 0 Å². The Balaban J connectivity index is 2.29. The molecule has 1 aromatic rings. The molecular formula is C14H18ClNO4. The average Bonchev–Trinajstić information content (AvgIpc) is 2.44. The molecule has 5 nitrogen and oxygen atoms in total. The first kappa shape index (κ1) is 16.3. The molecule has 20 heavy (non-hydrogen) atoms. The van der Waals surface area contributed by atoms with Gasteiger partial charge in [-0.15, -0.1) is 0 Å². The van der Waals surface area contributed by atoms with Crippen molar-refractivity contribution < 1.29 is 19.1 Å². The summed E-state index contributed by atoms with van der Waals surface area (Å²) < 4.78 is 9.88. The summed E-state index contributed by atoms with van der Waals surface area (Å²) in [7, 11) is 3.01. The third kappa shape index (κ3) is 5.93. The zero-order valence-electron chi connectivity index (χ0n) is 11.6. The number of ether oxygens (including phenoxy) is 2. The zero-order valence-corrected chi connectivity index (χ0v) is 12.4. The van der Waals surface area contributed by atoms with Crippen molar-refractivity contribution in [2.24, 2.45) is 0 Å². The van der Waals surface area contributed by atoms with Crippen LogP contribution in [-0.2, 0) is 14.3 Å². The summed E-state index contributed by atoms with van der Waals surface area (Å²) in [6, 6.07) is 6.86. The first-order valence-corrected chi connectivity index (χ1v) is 6.60. The first-order chi connectivity index (χ1) is 9.52. The Kier molecular flexibility index (Phi) is 6.87. The van der Waals surface area contributed by atoms with Gasteiger partial charge in [0.05, 0.1) is 7.11 Å². The number of hydrogen-bond donors (Lipinski definition) is 0. The summed E-state index contributed by atoms with van der Waals surface area (Å²) >= 11 is 5.82. The number of hydrogen-bond acceptors (Lipinski definition) is 4. The number of likely N-dealkylation sites (N-methyl/N-ethyl adjacent to an activating group) is 1. The highest BCUT2D eigenvalue weighted by Crippen LogP contribution is 2.16. The second-order valence-corrected chi connectivity index (χ2v) is 4.68. The Morgan fingerprint density at radius 2 is 2.10 bits per heavy atom. The molecule has 0 aliphatic rings. The number of carbonyl (C=O) groups is 2. The third-order valence-electron chi connectivity index (χ3n) is 2.69. The quantitative estimate of drug-likeness (QED) is 0.724. The van der Waals surface area contributed by atoms with Crippen LogP contribution in [0.1, 0.15) is 12.8 Å². The lowest BCUT2D eigenvalue weighted by atomic mass is 10.3. The predicted molar refractivity (Wildman–Crippen MR) is 75.8 cm³/mol. The van der Waals surface area contributed by atoms with Gasteiger partial charge >= 0.3 is 5.97 Å². The lowest BCUT2D eigenvalue weighted by molar-refractivity contribution is -0.141. The first-order valence-electron chi connectivity index (χ1n) is 6.22. The maximum Gasteiger partial charge on any atom is 0.305 e. The van der Waals surface area contributed by atoms with Crippen molar-refractivity contribution in [3.05, 3.63) is 29.3 Å². The van der Waals surface area contributed by atoms with E-state index in [0.29, 0.717) is 30.2 Å². The van der Waals surface area contributed by atoms with E-state index in [-0.39, 0.29) is 18.5 Å². The van der Waals surface area contributed by atoms with Crippen LogP contribution in [0.3, 0.4) is 0 Å². The molecule has 0 heterocycles. The smallest absolute Gasteiger partial charge is 0.305 e. The van der Waals surface area contributed by atoms with Crippen molar-refractivity contribution in [1.29, 1.82) is 0 Å². The lowest BCUT2D eigenvalue weighted by Crippen LogP contribution is -2.32. The number of benzene rings is 1. The Bertz CT molecular complexity index is 464. The summed E-state index contributed by atoms with van der Waals surface area (Å²) in [6.45, 7) is 0.419. The Labute approximate surface area is 123 Å². The molecule has 1 rings (SSSR count). The zero-order chi connectivity index (χ0) is 15.0. The van der Waals surface area contributed by atoms with Gasteiger partial charge in [0.2, 0.25) is 0 Å². The minimum absolute atomic E-state index is 0.0604. The van der Waals surface area contributed by atoms with E-state index in [0.717, 1.165) is 0 Å². The molecule has 0 radical (unpaired) electrons. The molecule has 110 valence electrons. The molecule has 6 heteroatoms. The summed E-state index contributed by atoms with van der Waals surface area (Å²) in [4.78, 5) is 24.3. The van der Waals surface area contributed by atoms with Crippen molar-refractivity contribution in [3.63, 3.8) is 0 Å². The summed E-state index contributed by atoms with van der Waals surface area (Å²) in [5, 5.41) is 0.557. The van der Waals surface area contributed by atoms with Crippen molar-refractivity contribution >= 4 is 23.5 Å². The van der Waals surface area contributed by atoms with Gasteiger partial charge in [-0.05, 0) is 24.6 Å². The van der Waals surface area contributed by atoms with Gasteiger partial charge in [0.15, 0.2) is 6.61 Å². The van der Waals surface area contributed by atoms with Crippen LogP contribution < -0.4 is 4.74 Å². The fraction of sp³-hybridized carbons (Fsp3) is 0.429. The number of methoxy groups -OCH3 is 1. The van der Waals surface area contributed by atoms with Crippen molar-refractivity contribution in [1.82, 2.24) is 4.90 Å². The number of halogens is 1. The number of carbonyl (C=O) groups excluding carboxylic acids is 2. The predicted octanol–water partition coefficient (Wildman–Crippen LogP) is 2.13. The maximum absolute atomic E-state index is 11.8. The monoisotopic (exact) mass is 299 g/mol. The van der Waals surface area contributed by atoms with Gasteiger partial charge in [0.1, 0.15) is 5.75 Å². The van der Waals surface area contributed by atoms with Gasteiger partial charge in [0.25, 0.3) is 5.91 Å². The van der Waals surface area contributed by atoms with Gasteiger partial charge in [0, 0.05) is 25.0 Å². The molecule has 0 saturated heterocycles. The van der Waals surface area contributed by atoms with Gasteiger partial charge < -0.3 is 14.4 Å². The van der Waals surface area contributed by atoms with E-state index in [1.54, 1.807) is 31.3 Å². The minimum atomic E-state index is -0.277. The number of nitrogens with zero attached hydrogens (tertiary/aromatic N) is 1. The van der Waals surface area contributed by atoms with Gasteiger partial charge in [-0.1, -0.05) is 17.7 Å². The molecule has 0 bridgehead atoms. The maximum atomic E-state index is 11.8. The fourth-order valence-corrected chi connectivity index (χ4v) is 1.68. The molecule has 0 spiro atoms. The molecule has 0 aliphatic heterocycles. The minimum Gasteiger partial charge on any atom is -0.484 e. The van der Waals surface area contributed by atoms with E-state index in [9.17, 15) is 9.59 Å². The van der Waals surface area contributed by atoms with Crippen LogP contribution >= 0.6 is 11.6 Å². The topological polar surface area (TPSA) is 55.8 Å². The lowest BCUT2D eigenvalue weighted by Gasteiger charge is -2.17. The van der Waals surface area contributed by atoms with Gasteiger partial charge in [-0.3, -0.25) is 9.59 Å². The average molecular weight is 300 g/mol. The van der Waals surface area contributed by atoms with Crippen molar-refractivity contribution in [2.45, 2.75) is 12.8 Å². The molecule has 0 N–H and O–H groups in total. The third-order valence-corrected chi connectivity index (χ3v) is 2.92. The van der Waals surface area contributed by atoms with E-state index in [1.807, 2.05) is 0 Å². The Morgan fingerprint density at radius 3 is 2.75 bits per heavy atom. The summed E-state index contributed by atoms with van der Waals surface area (Å²) in [6.07, 6.45) is 0.856. The normalized spacial score (nSPS) is 9.95. The summed E-state index contributed by atoms with van der Waals surface area (Å²) in [5.41, 5.74) is 0.